The minimum Gasteiger partial charge on any atom is -0.499 e. The number of rotatable bonds is 10. The van der Waals surface area contributed by atoms with Crippen LogP contribution >= 0.6 is 22.6 Å². The van der Waals surface area contributed by atoms with Crippen LogP contribution in [0.1, 0.15) is 15.9 Å². The van der Waals surface area contributed by atoms with E-state index >= 15 is 0 Å². The SMILES string of the molecule is C=COCCONC(=O)c1ccc2c(cnn2[SH+](=O)c2ccc(C)cc2)c1Nc1ccc(I)cc1F. The predicted molar refractivity (Wildman–Crippen MR) is 146 cm³/mol. The Bertz CT molecular complexity index is 1440. The van der Waals surface area contributed by atoms with Gasteiger partial charge in [0.05, 0.1) is 29.4 Å². The molecule has 4 aromatic rings. The van der Waals surface area contributed by atoms with Crippen LogP contribution in [0.15, 0.2) is 78.5 Å². The number of benzene rings is 3. The normalized spacial score (nSPS) is 11.8. The third-order valence-electron chi connectivity index (χ3n) is 5.18. The zero-order valence-electron chi connectivity index (χ0n) is 19.2. The first kappa shape index (κ1) is 25.8. The lowest BCUT2D eigenvalue weighted by molar-refractivity contribution is 0.0145. The van der Waals surface area contributed by atoms with Crippen LogP contribution < -0.4 is 10.8 Å². The number of carbonyl (C=O) groups excluding carboxylic acids is 1. The van der Waals surface area contributed by atoms with E-state index in [1.165, 1.54) is 22.6 Å². The van der Waals surface area contributed by atoms with Gasteiger partial charge in [-0.1, -0.05) is 32.6 Å². The number of aromatic nitrogens is 2. The zero-order chi connectivity index (χ0) is 25.7. The van der Waals surface area contributed by atoms with Crippen LogP contribution in [-0.4, -0.2) is 28.3 Å². The van der Waals surface area contributed by atoms with Crippen LogP contribution in [0, 0.1) is 16.3 Å². The minimum atomic E-state index is -2.06. The minimum absolute atomic E-state index is 0.101. The lowest BCUT2D eigenvalue weighted by atomic mass is 10.1. The van der Waals surface area contributed by atoms with E-state index in [1.54, 1.807) is 36.4 Å². The number of nitrogens with zero attached hydrogens (tertiary/aromatic N) is 2. The van der Waals surface area contributed by atoms with Gasteiger partial charge in [0, 0.05) is 8.96 Å². The Morgan fingerprint density at radius 2 is 1.97 bits per heavy atom. The van der Waals surface area contributed by atoms with Crippen molar-refractivity contribution in [1.82, 2.24) is 14.7 Å². The second-order valence-electron chi connectivity index (χ2n) is 7.63. The summed E-state index contributed by atoms with van der Waals surface area (Å²) in [5.74, 6) is -1.04. The van der Waals surface area contributed by atoms with E-state index in [9.17, 15) is 13.4 Å². The van der Waals surface area contributed by atoms with Gasteiger partial charge in [-0.25, -0.2) is 9.87 Å². The molecule has 1 unspecified atom stereocenters. The molecule has 0 aliphatic heterocycles. The van der Waals surface area contributed by atoms with E-state index < -0.39 is 22.7 Å². The molecular formula is C25H23FIN4O4S+. The molecule has 0 spiro atoms. The molecule has 0 saturated carbocycles. The molecule has 0 aliphatic rings. The lowest BCUT2D eigenvalue weighted by Crippen LogP contribution is -2.26. The summed E-state index contributed by atoms with van der Waals surface area (Å²) in [6.07, 6.45) is 2.77. The molecule has 0 radical (unpaired) electrons. The maximum absolute atomic E-state index is 14.7. The maximum atomic E-state index is 14.7. The van der Waals surface area contributed by atoms with Crippen LogP contribution in [-0.2, 0) is 24.8 Å². The summed E-state index contributed by atoms with van der Waals surface area (Å²) in [7, 11) is -2.06. The fourth-order valence-electron chi connectivity index (χ4n) is 3.41. The summed E-state index contributed by atoms with van der Waals surface area (Å²) >= 11 is 2.02. The number of amides is 1. The molecule has 0 bridgehead atoms. The molecule has 1 atom stereocenters. The fourth-order valence-corrected chi connectivity index (χ4v) is 5.00. The van der Waals surface area contributed by atoms with Gasteiger partial charge in [0.1, 0.15) is 24.5 Å². The molecular weight excluding hydrogens is 598 g/mol. The van der Waals surface area contributed by atoms with Crippen LogP contribution in [0.25, 0.3) is 10.9 Å². The number of ether oxygens (including phenoxy) is 1. The molecule has 1 heterocycles. The van der Waals surface area contributed by atoms with E-state index in [4.69, 9.17) is 9.57 Å². The first-order chi connectivity index (χ1) is 17.4. The standard InChI is InChI=1S/C25H22FIN4O4S/c1-3-34-12-13-35-30-25(32)19-9-11-23-20(24(19)29-22-10-6-17(27)14-21(22)26)15-28-31(23)36(33)18-7-4-16(2)5-8-18/h3-11,14-15,29H,1,12-13H2,2H3,(H,30,32)/p+1. The zero-order valence-corrected chi connectivity index (χ0v) is 22.3. The van der Waals surface area contributed by atoms with Crippen molar-refractivity contribution in [2.24, 2.45) is 0 Å². The van der Waals surface area contributed by atoms with E-state index in [1.807, 2.05) is 41.6 Å². The molecule has 8 nitrogen and oxygen atoms in total. The quantitative estimate of drug-likeness (QED) is 0.0634. The molecule has 0 saturated heterocycles. The van der Waals surface area contributed by atoms with Crippen LogP contribution in [0.2, 0.25) is 0 Å². The largest absolute Gasteiger partial charge is 0.499 e. The van der Waals surface area contributed by atoms with Crippen molar-refractivity contribution in [3.63, 3.8) is 0 Å². The highest BCUT2D eigenvalue weighted by atomic mass is 127. The van der Waals surface area contributed by atoms with Crippen LogP contribution in [0.4, 0.5) is 15.8 Å². The van der Waals surface area contributed by atoms with Crippen LogP contribution in [0.3, 0.4) is 0 Å². The molecule has 2 N–H and O–H groups in total. The fraction of sp³-hybridized carbons (Fsp3) is 0.120. The molecule has 1 aromatic heterocycles. The maximum Gasteiger partial charge on any atom is 0.276 e. The van der Waals surface area contributed by atoms with Gasteiger partial charge < -0.3 is 10.1 Å². The van der Waals surface area contributed by atoms with E-state index in [0.29, 0.717) is 21.5 Å². The first-order valence-corrected chi connectivity index (χ1v) is 13.1. The molecule has 11 heteroatoms. The summed E-state index contributed by atoms with van der Waals surface area (Å²) in [5.41, 5.74) is 4.59. The van der Waals surface area contributed by atoms with Crippen molar-refractivity contribution in [1.29, 1.82) is 0 Å². The molecule has 3 aromatic carbocycles. The van der Waals surface area contributed by atoms with E-state index in [0.717, 1.165) is 9.13 Å². The highest BCUT2D eigenvalue weighted by Gasteiger charge is 2.23. The average molecular weight is 621 g/mol. The summed E-state index contributed by atoms with van der Waals surface area (Å²) in [6.45, 7) is 5.70. The van der Waals surface area contributed by atoms with Crippen molar-refractivity contribution in [2.45, 2.75) is 11.8 Å². The number of fused-ring (bicyclic) bond motifs is 1. The third kappa shape index (κ3) is 5.74. The van der Waals surface area contributed by atoms with Gasteiger partial charge in [-0.2, -0.15) is 0 Å². The molecule has 4 rings (SSSR count). The lowest BCUT2D eigenvalue weighted by Gasteiger charge is -2.14. The van der Waals surface area contributed by atoms with Gasteiger partial charge in [-0.15, -0.1) is 5.10 Å². The summed E-state index contributed by atoms with van der Waals surface area (Å²) < 4.78 is 35.1. The average Bonchev–Trinajstić information content (AvgIpc) is 3.30. The Hall–Kier alpha value is -3.29. The Labute approximate surface area is 223 Å². The Kier molecular flexibility index (Phi) is 8.33. The van der Waals surface area contributed by atoms with Gasteiger partial charge >= 0.3 is 0 Å². The highest BCUT2D eigenvalue weighted by Crippen LogP contribution is 2.32. The van der Waals surface area contributed by atoms with Crippen molar-refractivity contribution in [2.75, 3.05) is 18.5 Å². The van der Waals surface area contributed by atoms with Crippen molar-refractivity contribution < 1.29 is 23.0 Å². The van der Waals surface area contributed by atoms with Gasteiger partial charge in [-0.3, -0.25) is 9.63 Å². The van der Waals surface area contributed by atoms with Crippen LogP contribution in [0.5, 0.6) is 0 Å². The van der Waals surface area contributed by atoms with E-state index in [2.05, 4.69) is 22.5 Å². The highest BCUT2D eigenvalue weighted by molar-refractivity contribution is 14.1. The Morgan fingerprint density at radius 1 is 1.19 bits per heavy atom. The topological polar surface area (TPSA) is 94.5 Å². The molecule has 1 amide bonds. The van der Waals surface area contributed by atoms with Crippen molar-refractivity contribution in [3.05, 3.63) is 94.1 Å². The number of anilines is 2. The number of halogens is 2. The Balaban J connectivity index is 1.73. The summed E-state index contributed by atoms with van der Waals surface area (Å²) in [5, 5.41) is 7.85. The first-order valence-electron chi connectivity index (χ1n) is 10.8. The smallest absolute Gasteiger partial charge is 0.276 e. The van der Waals surface area contributed by atoms with Gasteiger partial charge in [0.2, 0.25) is 11.0 Å². The number of hydrogen-bond donors (Lipinski definition) is 2. The molecule has 0 aliphatic carbocycles. The number of hydroxylamine groups is 1. The van der Waals surface area contributed by atoms with Crippen molar-refractivity contribution >= 4 is 61.8 Å². The monoisotopic (exact) mass is 621 g/mol. The second-order valence-corrected chi connectivity index (χ2v) is 10.3. The second kappa shape index (κ2) is 11.6. The number of thiol groups is 1. The molecule has 36 heavy (non-hydrogen) atoms. The summed E-state index contributed by atoms with van der Waals surface area (Å²) in [6, 6.07) is 15.2. The Morgan fingerprint density at radius 3 is 2.69 bits per heavy atom. The van der Waals surface area contributed by atoms with Gasteiger partial charge in [-0.05, 0) is 72.0 Å². The van der Waals surface area contributed by atoms with Gasteiger partial charge in [0.25, 0.3) is 5.91 Å². The number of hydrogen-bond acceptors (Lipinski definition) is 6. The van der Waals surface area contributed by atoms with E-state index in [-0.39, 0.29) is 24.5 Å². The molecule has 186 valence electrons. The van der Waals surface area contributed by atoms with Gasteiger partial charge in [0.15, 0.2) is 4.90 Å². The third-order valence-corrected chi connectivity index (χ3v) is 7.26. The summed E-state index contributed by atoms with van der Waals surface area (Å²) in [4.78, 5) is 18.7. The predicted octanol–water partition coefficient (Wildman–Crippen LogP) is 5.17. The van der Waals surface area contributed by atoms with Crippen molar-refractivity contribution in [3.8, 4) is 0 Å². The molecule has 0 fully saturated rings. The number of nitrogens with one attached hydrogen (secondary N) is 2. The number of carbonyl (C=O) groups is 1. The number of aryl methyl sites for hydroxylation is 1.